The Morgan fingerprint density at radius 1 is 0.643 bits per heavy atom. The van der Waals surface area contributed by atoms with E-state index in [2.05, 4.69) is 30.4 Å². The highest BCUT2D eigenvalue weighted by molar-refractivity contribution is 5.89. The Balaban J connectivity index is 1.67. The van der Waals surface area contributed by atoms with E-state index in [1.165, 1.54) is 0 Å². The summed E-state index contributed by atoms with van der Waals surface area (Å²) >= 11 is 0. The van der Waals surface area contributed by atoms with Crippen LogP contribution in [0.15, 0.2) is 84.9 Å². The van der Waals surface area contributed by atoms with Crippen molar-refractivity contribution >= 4 is 35.2 Å². The molecule has 0 aliphatic heterocycles. The summed E-state index contributed by atoms with van der Waals surface area (Å²) in [5.74, 6) is 0. The van der Waals surface area contributed by atoms with Crippen molar-refractivity contribution in [1.82, 2.24) is 4.98 Å². The van der Waals surface area contributed by atoms with Crippen molar-refractivity contribution in [2.75, 3.05) is 0 Å². The van der Waals surface area contributed by atoms with Gasteiger partial charge in [-0.1, -0.05) is 85.0 Å². The lowest BCUT2D eigenvalue weighted by atomic mass is 10.0. The largest absolute Gasteiger partial charge is 0.248 e. The van der Waals surface area contributed by atoms with Gasteiger partial charge < -0.3 is 0 Å². The molecule has 0 radical (unpaired) electrons. The molecule has 132 valence electrons. The Bertz CT molecular complexity index is 1200. The first-order valence-corrected chi connectivity index (χ1v) is 9.13. The number of nitriles is 1. The van der Waals surface area contributed by atoms with Crippen LogP contribution in [-0.4, -0.2) is 4.98 Å². The number of benzene rings is 3. The lowest BCUT2D eigenvalue weighted by molar-refractivity contribution is 1.35. The van der Waals surface area contributed by atoms with Gasteiger partial charge in [-0.2, -0.15) is 5.26 Å². The smallest absolute Gasteiger partial charge is 0.0999 e. The molecule has 0 aliphatic rings. The molecule has 0 N–H and O–H groups in total. The third kappa shape index (κ3) is 4.06. The van der Waals surface area contributed by atoms with Crippen molar-refractivity contribution in [3.8, 4) is 6.07 Å². The zero-order valence-corrected chi connectivity index (χ0v) is 15.3. The third-order valence-electron chi connectivity index (χ3n) is 4.49. The Morgan fingerprint density at radius 2 is 1.25 bits per heavy atom. The maximum Gasteiger partial charge on any atom is 0.0999 e. The van der Waals surface area contributed by atoms with Crippen LogP contribution >= 0.6 is 0 Å². The Hall–Kier alpha value is -3.96. The van der Waals surface area contributed by atoms with Crippen LogP contribution in [-0.2, 0) is 0 Å². The van der Waals surface area contributed by atoms with Crippen LogP contribution in [0.5, 0.6) is 0 Å². The molecule has 4 rings (SSSR count). The van der Waals surface area contributed by atoms with Gasteiger partial charge in [-0.15, -0.1) is 0 Å². The molecule has 0 saturated carbocycles. The van der Waals surface area contributed by atoms with E-state index >= 15 is 0 Å². The monoisotopic (exact) mass is 358 g/mol. The highest BCUT2D eigenvalue weighted by Gasteiger charge is 2.05. The first kappa shape index (κ1) is 17.5. The van der Waals surface area contributed by atoms with Crippen LogP contribution < -0.4 is 0 Å². The minimum atomic E-state index is 0.632. The molecule has 2 heteroatoms. The predicted molar refractivity (Wildman–Crippen MR) is 117 cm³/mol. The molecule has 1 aromatic heterocycles. The van der Waals surface area contributed by atoms with E-state index < -0.39 is 0 Å². The van der Waals surface area contributed by atoms with Crippen molar-refractivity contribution in [1.29, 1.82) is 5.26 Å². The summed E-state index contributed by atoms with van der Waals surface area (Å²) in [6, 6.07) is 30.4. The molecule has 28 heavy (non-hydrogen) atoms. The second-order valence-corrected chi connectivity index (χ2v) is 6.47. The van der Waals surface area contributed by atoms with Gasteiger partial charge in [0.2, 0.25) is 0 Å². The van der Waals surface area contributed by atoms with Gasteiger partial charge in [0, 0.05) is 5.39 Å². The summed E-state index contributed by atoms with van der Waals surface area (Å²) in [6.07, 6.45) is 8.07. The zero-order chi connectivity index (χ0) is 19.2. The van der Waals surface area contributed by atoms with Gasteiger partial charge in [-0.05, 0) is 41.0 Å². The van der Waals surface area contributed by atoms with Gasteiger partial charge in [-0.3, -0.25) is 0 Å². The van der Waals surface area contributed by atoms with E-state index in [-0.39, 0.29) is 0 Å². The molecular formula is C26H18N2. The third-order valence-corrected chi connectivity index (χ3v) is 4.49. The summed E-state index contributed by atoms with van der Waals surface area (Å²) in [6.45, 7) is 0. The summed E-state index contributed by atoms with van der Waals surface area (Å²) < 4.78 is 0. The predicted octanol–water partition coefficient (Wildman–Crippen LogP) is 6.45. The highest BCUT2D eigenvalue weighted by atomic mass is 14.7. The van der Waals surface area contributed by atoms with Gasteiger partial charge in [0.1, 0.15) is 0 Å². The van der Waals surface area contributed by atoms with E-state index in [0.717, 1.165) is 33.3 Å². The number of rotatable bonds is 4. The quantitative estimate of drug-likeness (QED) is 0.393. The first-order valence-electron chi connectivity index (χ1n) is 9.13. The summed E-state index contributed by atoms with van der Waals surface area (Å²) in [5.41, 5.74) is 5.52. The number of hydrogen-bond acceptors (Lipinski definition) is 2. The van der Waals surface area contributed by atoms with Gasteiger partial charge >= 0.3 is 0 Å². The molecule has 2 nitrogen and oxygen atoms in total. The molecule has 1 heterocycles. The van der Waals surface area contributed by atoms with Gasteiger partial charge in [0.15, 0.2) is 0 Å². The molecule has 0 fully saturated rings. The Kier molecular flexibility index (Phi) is 5.09. The summed E-state index contributed by atoms with van der Waals surface area (Å²) in [4.78, 5) is 4.70. The molecule has 0 unspecified atom stereocenters. The van der Waals surface area contributed by atoms with Crippen molar-refractivity contribution < 1.29 is 0 Å². The molecule has 3 aromatic carbocycles. The number of aromatic nitrogens is 1. The van der Waals surface area contributed by atoms with Gasteiger partial charge in [0.05, 0.1) is 22.8 Å². The highest BCUT2D eigenvalue weighted by Crippen LogP contribution is 2.22. The second-order valence-electron chi connectivity index (χ2n) is 6.47. The molecule has 0 aliphatic carbocycles. The minimum absolute atomic E-state index is 0.632. The van der Waals surface area contributed by atoms with Gasteiger partial charge in [-0.25, -0.2) is 4.98 Å². The van der Waals surface area contributed by atoms with Crippen LogP contribution in [0.2, 0.25) is 0 Å². The average molecular weight is 358 g/mol. The van der Waals surface area contributed by atoms with Crippen LogP contribution in [0.3, 0.4) is 0 Å². The second kappa shape index (κ2) is 8.16. The average Bonchev–Trinajstić information content (AvgIpc) is 2.77. The minimum Gasteiger partial charge on any atom is -0.248 e. The van der Waals surface area contributed by atoms with E-state index in [4.69, 9.17) is 4.98 Å². The number of nitrogens with zero attached hydrogens (tertiary/aromatic N) is 2. The van der Waals surface area contributed by atoms with Gasteiger partial charge in [0.25, 0.3) is 0 Å². The molecule has 0 bridgehead atoms. The van der Waals surface area contributed by atoms with Crippen molar-refractivity contribution in [2.45, 2.75) is 0 Å². The van der Waals surface area contributed by atoms with Crippen LogP contribution in [0.4, 0.5) is 0 Å². The van der Waals surface area contributed by atoms with Crippen LogP contribution in [0, 0.1) is 11.3 Å². The van der Waals surface area contributed by atoms with E-state index in [1.807, 2.05) is 84.9 Å². The van der Waals surface area contributed by atoms with Crippen molar-refractivity contribution in [2.24, 2.45) is 0 Å². The number of hydrogen-bond donors (Lipinski definition) is 0. The topological polar surface area (TPSA) is 36.7 Å². The van der Waals surface area contributed by atoms with Crippen molar-refractivity contribution in [3.63, 3.8) is 0 Å². The lowest BCUT2D eigenvalue weighted by Gasteiger charge is -2.04. The first-order chi connectivity index (χ1) is 13.8. The summed E-state index contributed by atoms with van der Waals surface area (Å²) in [7, 11) is 0. The van der Waals surface area contributed by atoms with Crippen LogP contribution in [0.1, 0.15) is 27.9 Å². The van der Waals surface area contributed by atoms with E-state index in [9.17, 15) is 5.26 Å². The SMILES string of the molecule is N#Cc1cc(C=Cc2ccccc2)nc2ccc(C=Cc3ccccc3)cc12. The molecule has 0 amide bonds. The zero-order valence-electron chi connectivity index (χ0n) is 15.3. The summed E-state index contributed by atoms with van der Waals surface area (Å²) in [5, 5.41) is 10.5. The Morgan fingerprint density at radius 3 is 1.89 bits per heavy atom. The molecule has 0 atom stereocenters. The molecule has 4 aromatic rings. The van der Waals surface area contributed by atoms with Crippen LogP contribution in [0.25, 0.3) is 35.2 Å². The fourth-order valence-corrected chi connectivity index (χ4v) is 3.05. The van der Waals surface area contributed by atoms with E-state index in [1.54, 1.807) is 0 Å². The van der Waals surface area contributed by atoms with E-state index in [0.29, 0.717) is 5.56 Å². The fourth-order valence-electron chi connectivity index (χ4n) is 3.05. The fraction of sp³-hybridized carbons (Fsp3) is 0. The number of fused-ring (bicyclic) bond motifs is 1. The standard InChI is InChI=1S/C26H18N2/c27-19-23-18-24(15-13-21-9-5-2-6-10-21)28-26-16-14-22(17-25(23)26)12-11-20-7-3-1-4-8-20/h1-18H. The Labute approximate surface area is 164 Å². The molecular weight excluding hydrogens is 340 g/mol. The van der Waals surface area contributed by atoms with Crippen molar-refractivity contribution in [3.05, 3.63) is 113 Å². The lowest BCUT2D eigenvalue weighted by Crippen LogP contribution is -1.89. The maximum atomic E-state index is 9.62. The maximum absolute atomic E-state index is 9.62. The molecule has 0 spiro atoms. The molecule has 0 saturated heterocycles. The number of pyridine rings is 1. The normalized spacial score (nSPS) is 11.2.